The number of benzene rings is 1. The largest absolute Gasteiger partial charge is 0.392 e. The summed E-state index contributed by atoms with van der Waals surface area (Å²) in [7, 11) is -4.12. The molecule has 100 valence electrons. The average molecular weight is 294 g/mol. The van der Waals surface area contributed by atoms with Crippen molar-refractivity contribution in [3.63, 3.8) is 0 Å². The Morgan fingerprint density at radius 1 is 1.50 bits per heavy atom. The standard InChI is InChI=1S/C10H12F2N2O2S2/c1-2-8(10(13)17)14-18(15,16)9-4-3-6(11)5-7(9)12/h3-5,8,14H,2H2,1H3,(H2,13,17). The van der Waals surface area contributed by atoms with Crippen molar-refractivity contribution in [1.29, 1.82) is 0 Å². The lowest BCUT2D eigenvalue weighted by Crippen LogP contribution is -2.43. The molecule has 0 bridgehead atoms. The molecule has 0 fully saturated rings. The first-order chi connectivity index (χ1) is 8.27. The van der Waals surface area contributed by atoms with Crippen LogP contribution in [0.25, 0.3) is 0 Å². The topological polar surface area (TPSA) is 72.2 Å². The zero-order chi connectivity index (χ0) is 13.9. The third kappa shape index (κ3) is 3.44. The molecule has 1 atom stereocenters. The van der Waals surface area contributed by atoms with Crippen LogP contribution >= 0.6 is 12.2 Å². The summed E-state index contributed by atoms with van der Waals surface area (Å²) in [5.41, 5.74) is 5.35. The summed E-state index contributed by atoms with van der Waals surface area (Å²) in [4.78, 5) is -0.679. The monoisotopic (exact) mass is 294 g/mol. The van der Waals surface area contributed by atoms with Crippen LogP contribution in [0.5, 0.6) is 0 Å². The molecular weight excluding hydrogens is 282 g/mol. The van der Waals surface area contributed by atoms with Gasteiger partial charge in [0.25, 0.3) is 0 Å². The molecule has 3 N–H and O–H groups in total. The van der Waals surface area contributed by atoms with E-state index >= 15 is 0 Å². The highest BCUT2D eigenvalue weighted by molar-refractivity contribution is 7.89. The Labute approximate surface area is 109 Å². The smallest absolute Gasteiger partial charge is 0.244 e. The Bertz CT molecular complexity index is 561. The molecule has 0 radical (unpaired) electrons. The van der Waals surface area contributed by atoms with E-state index in [1.807, 2.05) is 0 Å². The number of hydrogen-bond acceptors (Lipinski definition) is 3. The van der Waals surface area contributed by atoms with Crippen molar-refractivity contribution < 1.29 is 17.2 Å². The maximum absolute atomic E-state index is 13.4. The fourth-order valence-electron chi connectivity index (χ4n) is 1.29. The van der Waals surface area contributed by atoms with Gasteiger partial charge in [-0.2, -0.15) is 0 Å². The second kappa shape index (κ2) is 5.68. The maximum atomic E-state index is 13.4. The summed E-state index contributed by atoms with van der Waals surface area (Å²) < 4.78 is 51.9. The van der Waals surface area contributed by atoms with Crippen LogP contribution in [-0.2, 0) is 10.0 Å². The minimum Gasteiger partial charge on any atom is -0.392 e. The molecule has 0 aromatic heterocycles. The van der Waals surface area contributed by atoms with Crippen LogP contribution < -0.4 is 10.5 Å². The highest BCUT2D eigenvalue weighted by Gasteiger charge is 2.23. The summed E-state index contributed by atoms with van der Waals surface area (Å²) in [6, 6.07) is 1.43. The van der Waals surface area contributed by atoms with Crippen LogP contribution in [0.1, 0.15) is 13.3 Å². The Hall–Kier alpha value is -1.12. The average Bonchev–Trinajstić information content (AvgIpc) is 2.24. The van der Waals surface area contributed by atoms with Gasteiger partial charge in [0, 0.05) is 6.07 Å². The van der Waals surface area contributed by atoms with Crippen molar-refractivity contribution in [1.82, 2.24) is 4.72 Å². The van der Waals surface area contributed by atoms with Crippen LogP contribution in [0, 0.1) is 11.6 Å². The second-order valence-electron chi connectivity index (χ2n) is 3.56. The van der Waals surface area contributed by atoms with Crippen LogP contribution in [-0.4, -0.2) is 19.4 Å². The van der Waals surface area contributed by atoms with Gasteiger partial charge in [-0.25, -0.2) is 21.9 Å². The molecule has 0 saturated carbocycles. The van der Waals surface area contributed by atoms with Crippen LogP contribution in [0.3, 0.4) is 0 Å². The van der Waals surface area contributed by atoms with E-state index in [4.69, 9.17) is 5.73 Å². The summed E-state index contributed by atoms with van der Waals surface area (Å²) in [5, 5.41) is 0. The van der Waals surface area contributed by atoms with Gasteiger partial charge in [-0.05, 0) is 18.6 Å². The number of nitrogens with two attached hydrogens (primary N) is 1. The predicted octanol–water partition coefficient (Wildman–Crippen LogP) is 1.31. The van der Waals surface area contributed by atoms with Gasteiger partial charge < -0.3 is 5.73 Å². The molecule has 0 saturated heterocycles. The van der Waals surface area contributed by atoms with Gasteiger partial charge in [-0.1, -0.05) is 19.1 Å². The lowest BCUT2D eigenvalue weighted by Gasteiger charge is -2.15. The predicted molar refractivity (Wildman–Crippen MR) is 67.5 cm³/mol. The molecule has 1 rings (SSSR count). The molecule has 1 aromatic rings. The van der Waals surface area contributed by atoms with E-state index in [-0.39, 0.29) is 4.99 Å². The molecule has 0 aliphatic heterocycles. The van der Waals surface area contributed by atoms with Crippen molar-refractivity contribution in [3.8, 4) is 0 Å². The van der Waals surface area contributed by atoms with Crippen molar-refractivity contribution in [2.24, 2.45) is 5.73 Å². The van der Waals surface area contributed by atoms with E-state index in [9.17, 15) is 17.2 Å². The molecule has 0 aliphatic rings. The summed E-state index contributed by atoms with van der Waals surface area (Å²) in [6.45, 7) is 1.67. The SMILES string of the molecule is CCC(NS(=O)(=O)c1ccc(F)cc1F)C(N)=S. The molecule has 8 heteroatoms. The zero-order valence-corrected chi connectivity index (χ0v) is 11.1. The number of halogens is 2. The first-order valence-corrected chi connectivity index (χ1v) is 6.93. The first kappa shape index (κ1) is 14.9. The van der Waals surface area contributed by atoms with Crippen LogP contribution in [0.15, 0.2) is 23.1 Å². The van der Waals surface area contributed by atoms with Crippen molar-refractivity contribution in [3.05, 3.63) is 29.8 Å². The number of thiocarbonyl (C=S) groups is 1. The highest BCUT2D eigenvalue weighted by Crippen LogP contribution is 2.16. The van der Waals surface area contributed by atoms with E-state index in [1.54, 1.807) is 6.92 Å². The van der Waals surface area contributed by atoms with Crippen molar-refractivity contribution >= 4 is 27.2 Å². The highest BCUT2D eigenvalue weighted by atomic mass is 32.2. The number of rotatable bonds is 5. The van der Waals surface area contributed by atoms with Crippen molar-refractivity contribution in [2.75, 3.05) is 0 Å². The van der Waals surface area contributed by atoms with E-state index in [0.29, 0.717) is 12.5 Å². The Balaban J connectivity index is 3.10. The summed E-state index contributed by atoms with van der Waals surface area (Å²) in [5.74, 6) is -2.02. The number of sulfonamides is 1. The lowest BCUT2D eigenvalue weighted by molar-refractivity contribution is 0.539. The molecule has 4 nitrogen and oxygen atoms in total. The lowest BCUT2D eigenvalue weighted by atomic mass is 10.2. The fraction of sp³-hybridized carbons (Fsp3) is 0.300. The zero-order valence-electron chi connectivity index (χ0n) is 9.48. The molecule has 1 unspecified atom stereocenters. The van der Waals surface area contributed by atoms with Crippen LogP contribution in [0.4, 0.5) is 8.78 Å². The van der Waals surface area contributed by atoms with Gasteiger partial charge >= 0.3 is 0 Å². The van der Waals surface area contributed by atoms with E-state index in [2.05, 4.69) is 16.9 Å². The van der Waals surface area contributed by atoms with Gasteiger partial charge in [0.05, 0.1) is 11.0 Å². The van der Waals surface area contributed by atoms with Gasteiger partial charge in [0.15, 0.2) is 0 Å². The maximum Gasteiger partial charge on any atom is 0.244 e. The second-order valence-corrected chi connectivity index (χ2v) is 5.71. The Morgan fingerprint density at radius 3 is 2.56 bits per heavy atom. The number of hydrogen-bond donors (Lipinski definition) is 2. The van der Waals surface area contributed by atoms with E-state index in [0.717, 1.165) is 12.1 Å². The Kier molecular flexibility index (Phi) is 4.71. The quantitative estimate of drug-likeness (QED) is 0.803. The summed E-state index contributed by atoms with van der Waals surface area (Å²) in [6.07, 6.45) is 0.331. The van der Waals surface area contributed by atoms with Gasteiger partial charge in [-0.15, -0.1) is 0 Å². The molecule has 0 spiro atoms. The third-order valence-corrected chi connectivity index (χ3v) is 4.02. The van der Waals surface area contributed by atoms with Gasteiger partial charge in [0.2, 0.25) is 10.0 Å². The fourth-order valence-corrected chi connectivity index (χ4v) is 2.94. The minimum absolute atomic E-state index is 0.0383. The number of nitrogens with one attached hydrogen (secondary N) is 1. The summed E-state index contributed by atoms with van der Waals surface area (Å²) >= 11 is 4.68. The van der Waals surface area contributed by atoms with Crippen LogP contribution in [0.2, 0.25) is 0 Å². The molecule has 18 heavy (non-hydrogen) atoms. The minimum atomic E-state index is -4.12. The van der Waals surface area contributed by atoms with Gasteiger partial charge in [0.1, 0.15) is 16.5 Å². The first-order valence-electron chi connectivity index (χ1n) is 5.04. The molecular formula is C10H12F2N2O2S2. The molecule has 0 aliphatic carbocycles. The van der Waals surface area contributed by atoms with Gasteiger partial charge in [-0.3, -0.25) is 0 Å². The Morgan fingerprint density at radius 2 is 2.11 bits per heavy atom. The molecule has 0 heterocycles. The van der Waals surface area contributed by atoms with E-state index < -0.39 is 32.6 Å². The normalized spacial score (nSPS) is 13.3. The molecule has 1 aromatic carbocycles. The van der Waals surface area contributed by atoms with E-state index in [1.165, 1.54) is 0 Å². The van der Waals surface area contributed by atoms with Crippen molar-refractivity contribution in [2.45, 2.75) is 24.3 Å². The molecule has 0 amide bonds. The third-order valence-electron chi connectivity index (χ3n) is 2.23.